The molecule has 0 unspecified atom stereocenters. The highest BCUT2D eigenvalue weighted by Crippen LogP contribution is 2.39. The highest BCUT2D eigenvalue weighted by atomic mass is 19.1. The maximum atomic E-state index is 13.3. The van der Waals surface area contributed by atoms with Gasteiger partial charge >= 0.3 is 0 Å². The summed E-state index contributed by atoms with van der Waals surface area (Å²) in [5.41, 5.74) is -0.155. The number of rotatable bonds is 6. The van der Waals surface area contributed by atoms with E-state index in [4.69, 9.17) is 0 Å². The van der Waals surface area contributed by atoms with Crippen LogP contribution in [0.1, 0.15) is 46.4 Å². The summed E-state index contributed by atoms with van der Waals surface area (Å²) in [6.45, 7) is -0.627. The fourth-order valence-electron chi connectivity index (χ4n) is 4.35. The van der Waals surface area contributed by atoms with Gasteiger partial charge in [0.05, 0.1) is 16.8 Å². The molecular formula is C23H20FN3O6. The Morgan fingerprint density at radius 3 is 1.97 bits per heavy atom. The van der Waals surface area contributed by atoms with Crippen molar-refractivity contribution >= 4 is 29.2 Å². The number of nitro benzene ring substituents is 1. The van der Waals surface area contributed by atoms with E-state index in [1.54, 1.807) is 0 Å². The van der Waals surface area contributed by atoms with E-state index in [9.17, 15) is 33.7 Å². The minimum atomic E-state index is -0.819. The zero-order valence-electron chi connectivity index (χ0n) is 17.5. The van der Waals surface area contributed by atoms with Gasteiger partial charge in [0.25, 0.3) is 23.4 Å². The van der Waals surface area contributed by atoms with Crippen LogP contribution >= 0.6 is 0 Å². The van der Waals surface area contributed by atoms with Crippen molar-refractivity contribution in [2.75, 3.05) is 6.54 Å². The Hall–Kier alpha value is -3.95. The van der Waals surface area contributed by atoms with Crippen LogP contribution in [0, 0.1) is 27.8 Å². The predicted octanol–water partition coefficient (Wildman–Crippen LogP) is 3.15. The fourth-order valence-corrected chi connectivity index (χ4v) is 4.35. The molecule has 4 rings (SSSR count). The maximum absolute atomic E-state index is 13.3. The van der Waals surface area contributed by atoms with E-state index in [2.05, 4.69) is 0 Å². The molecule has 1 aliphatic heterocycles. The van der Waals surface area contributed by atoms with Crippen molar-refractivity contribution in [3.8, 4) is 0 Å². The predicted molar refractivity (Wildman–Crippen MR) is 112 cm³/mol. The fraction of sp³-hybridized carbons (Fsp3) is 0.304. The maximum Gasteiger partial charge on any atom is 0.273 e. The third kappa shape index (κ3) is 4.23. The number of hydrogen-bond acceptors (Lipinski definition) is 6. The number of fused-ring (bicyclic) bond motifs is 1. The van der Waals surface area contributed by atoms with Gasteiger partial charge in [0, 0.05) is 23.3 Å². The molecule has 9 nitrogen and oxygen atoms in total. The van der Waals surface area contributed by atoms with Crippen molar-refractivity contribution in [3.63, 3.8) is 0 Å². The molecule has 1 heterocycles. The second-order valence-electron chi connectivity index (χ2n) is 8.08. The van der Waals surface area contributed by atoms with Gasteiger partial charge in [0.1, 0.15) is 12.4 Å². The molecular weight excluding hydrogens is 433 g/mol. The molecule has 2 fully saturated rings. The Labute approximate surface area is 187 Å². The molecule has 170 valence electrons. The zero-order chi connectivity index (χ0) is 23.7. The molecule has 0 aromatic heterocycles. The Morgan fingerprint density at radius 2 is 1.45 bits per heavy atom. The van der Waals surface area contributed by atoms with Crippen LogP contribution in [0.4, 0.5) is 10.1 Å². The molecule has 10 heteroatoms. The highest BCUT2D eigenvalue weighted by molar-refractivity contribution is 6.09. The molecule has 2 atom stereocenters. The Kier molecular flexibility index (Phi) is 5.99. The van der Waals surface area contributed by atoms with Gasteiger partial charge in [0.15, 0.2) is 5.78 Å². The van der Waals surface area contributed by atoms with Crippen molar-refractivity contribution in [2.45, 2.75) is 25.7 Å². The monoisotopic (exact) mass is 453 g/mol. The number of nitro groups is 1. The van der Waals surface area contributed by atoms with Gasteiger partial charge in [-0.05, 0) is 49.2 Å². The lowest BCUT2D eigenvalue weighted by Crippen LogP contribution is -2.52. The van der Waals surface area contributed by atoms with Gasteiger partial charge in [-0.25, -0.2) is 9.40 Å². The molecule has 0 N–H and O–H groups in total. The van der Waals surface area contributed by atoms with Crippen LogP contribution in [0.3, 0.4) is 0 Å². The van der Waals surface area contributed by atoms with Crippen molar-refractivity contribution in [3.05, 3.63) is 75.6 Å². The topological polar surface area (TPSA) is 118 Å². The standard InChI is InChI=1S/C23H20FN3O6/c24-16-9-5-14(6-10-16)20(28)13-25(21(29)15-7-11-17(12-8-15)27(32)33)26-22(30)18-3-1-2-4-19(18)23(26)31/h5-12,18-19H,1-4,13H2/t18-,19-/m1/s1. The van der Waals surface area contributed by atoms with Gasteiger partial charge in [-0.2, -0.15) is 5.01 Å². The molecule has 0 spiro atoms. The molecule has 33 heavy (non-hydrogen) atoms. The second-order valence-corrected chi connectivity index (χ2v) is 8.08. The summed E-state index contributed by atoms with van der Waals surface area (Å²) in [6, 6.07) is 9.34. The van der Waals surface area contributed by atoms with E-state index in [1.807, 2.05) is 0 Å². The number of carbonyl (C=O) groups excluding carboxylic acids is 4. The summed E-state index contributed by atoms with van der Waals surface area (Å²) in [6.07, 6.45) is 2.63. The SMILES string of the molecule is O=C(CN(C(=O)c1ccc([N+](=O)[O-])cc1)N1C(=O)[C@@H]2CCCC[C@H]2C1=O)c1ccc(F)cc1. The normalized spacial score (nSPS) is 19.8. The van der Waals surface area contributed by atoms with Crippen LogP contribution < -0.4 is 0 Å². The zero-order valence-corrected chi connectivity index (χ0v) is 17.5. The van der Waals surface area contributed by atoms with Crippen LogP contribution in [0.5, 0.6) is 0 Å². The largest absolute Gasteiger partial charge is 0.292 e. The second kappa shape index (κ2) is 8.89. The average molecular weight is 453 g/mol. The molecule has 1 saturated carbocycles. The lowest BCUT2D eigenvalue weighted by Gasteiger charge is -2.30. The summed E-state index contributed by atoms with van der Waals surface area (Å²) < 4.78 is 13.2. The number of non-ortho nitro benzene ring substituents is 1. The number of ketones is 1. The number of benzene rings is 2. The van der Waals surface area contributed by atoms with Crippen LogP contribution in [-0.4, -0.2) is 45.0 Å². The third-order valence-corrected chi connectivity index (χ3v) is 6.08. The number of carbonyl (C=O) groups is 4. The number of nitrogens with zero attached hydrogens (tertiary/aromatic N) is 3. The molecule has 2 aliphatic rings. The first-order valence-electron chi connectivity index (χ1n) is 10.5. The Morgan fingerprint density at radius 1 is 0.939 bits per heavy atom. The molecule has 1 saturated heterocycles. The first-order chi connectivity index (χ1) is 15.8. The van der Waals surface area contributed by atoms with E-state index >= 15 is 0 Å². The Bertz CT molecular complexity index is 1110. The number of halogens is 1. The highest BCUT2D eigenvalue weighted by Gasteiger charge is 2.51. The van der Waals surface area contributed by atoms with Crippen LogP contribution in [0.15, 0.2) is 48.5 Å². The smallest absolute Gasteiger partial charge is 0.273 e. The number of imide groups is 1. The van der Waals surface area contributed by atoms with E-state index in [1.165, 1.54) is 24.3 Å². The average Bonchev–Trinajstić information content (AvgIpc) is 3.07. The number of amides is 3. The number of Topliss-reactive ketones (excluding diaryl/α,β-unsaturated/α-hetero) is 1. The summed E-state index contributed by atoms with van der Waals surface area (Å²) in [5, 5.41) is 12.5. The van der Waals surface area contributed by atoms with Crippen LogP contribution in [0.25, 0.3) is 0 Å². The molecule has 2 aromatic carbocycles. The summed E-state index contributed by atoms with van der Waals surface area (Å²) in [7, 11) is 0. The summed E-state index contributed by atoms with van der Waals surface area (Å²) in [5.74, 6) is -4.11. The lowest BCUT2D eigenvalue weighted by atomic mass is 9.81. The van der Waals surface area contributed by atoms with E-state index in [-0.39, 0.29) is 16.8 Å². The van der Waals surface area contributed by atoms with Gasteiger partial charge in [-0.1, -0.05) is 12.8 Å². The van der Waals surface area contributed by atoms with Crippen molar-refractivity contribution in [2.24, 2.45) is 11.8 Å². The van der Waals surface area contributed by atoms with Crippen LogP contribution in [0.2, 0.25) is 0 Å². The quantitative estimate of drug-likeness (QED) is 0.287. The first-order valence-corrected chi connectivity index (χ1v) is 10.5. The molecule has 1 aliphatic carbocycles. The third-order valence-electron chi connectivity index (χ3n) is 6.08. The van der Waals surface area contributed by atoms with Crippen molar-refractivity contribution < 1.29 is 28.5 Å². The number of hydrazine groups is 1. The van der Waals surface area contributed by atoms with Crippen molar-refractivity contribution in [1.29, 1.82) is 0 Å². The van der Waals surface area contributed by atoms with Gasteiger partial charge in [-0.3, -0.25) is 29.3 Å². The lowest BCUT2D eigenvalue weighted by molar-refractivity contribution is -0.384. The molecule has 0 bridgehead atoms. The van der Waals surface area contributed by atoms with Gasteiger partial charge in [0.2, 0.25) is 0 Å². The van der Waals surface area contributed by atoms with E-state index < -0.39 is 52.6 Å². The minimum absolute atomic E-state index is 0.0250. The van der Waals surface area contributed by atoms with Crippen LogP contribution in [-0.2, 0) is 9.59 Å². The van der Waals surface area contributed by atoms with Gasteiger partial charge < -0.3 is 0 Å². The summed E-state index contributed by atoms with van der Waals surface area (Å²) >= 11 is 0. The van der Waals surface area contributed by atoms with Crippen molar-refractivity contribution in [1.82, 2.24) is 10.0 Å². The molecule has 0 radical (unpaired) electrons. The van der Waals surface area contributed by atoms with E-state index in [0.717, 1.165) is 47.1 Å². The number of hydrogen-bond donors (Lipinski definition) is 0. The van der Waals surface area contributed by atoms with Gasteiger partial charge in [-0.15, -0.1) is 0 Å². The molecule has 3 amide bonds. The summed E-state index contributed by atoms with van der Waals surface area (Å²) in [4.78, 5) is 62.7. The molecule has 2 aromatic rings. The first kappa shape index (κ1) is 22.3. The van der Waals surface area contributed by atoms with E-state index in [0.29, 0.717) is 12.8 Å². The minimum Gasteiger partial charge on any atom is -0.292 e. The Balaban J connectivity index is 1.68.